The first-order valence-electron chi connectivity index (χ1n) is 6.44. The molecular formula is C16H13F3O4. The maximum Gasteiger partial charge on any atom is 0.573 e. The fraction of sp³-hybridized carbons (Fsp3) is 0.188. The number of ether oxygens (including phenoxy) is 3. The number of carbonyl (C=O) groups excluding carboxylic acids is 1. The van der Waals surface area contributed by atoms with Gasteiger partial charge in [0.2, 0.25) is 0 Å². The predicted octanol–water partition coefficient (Wildman–Crippen LogP) is 4.08. The van der Waals surface area contributed by atoms with Gasteiger partial charge in [0.25, 0.3) is 0 Å². The lowest BCUT2D eigenvalue weighted by atomic mass is 10.0. The van der Waals surface area contributed by atoms with E-state index in [0.717, 1.165) is 6.07 Å². The molecule has 0 unspecified atom stereocenters. The molecule has 0 amide bonds. The first-order chi connectivity index (χ1) is 10.8. The summed E-state index contributed by atoms with van der Waals surface area (Å²) in [7, 11) is 2.91. The van der Waals surface area contributed by atoms with E-state index >= 15 is 0 Å². The number of halogens is 3. The lowest BCUT2D eigenvalue weighted by Crippen LogP contribution is -2.17. The topological polar surface area (TPSA) is 44.8 Å². The molecule has 23 heavy (non-hydrogen) atoms. The monoisotopic (exact) mass is 326 g/mol. The third kappa shape index (κ3) is 4.38. The van der Waals surface area contributed by atoms with Crippen LogP contribution >= 0.6 is 0 Å². The van der Waals surface area contributed by atoms with Crippen LogP contribution in [-0.4, -0.2) is 26.9 Å². The molecule has 0 saturated heterocycles. The first-order valence-corrected chi connectivity index (χ1v) is 6.44. The van der Waals surface area contributed by atoms with Crippen molar-refractivity contribution >= 4 is 6.29 Å². The number of hydrogen-bond acceptors (Lipinski definition) is 4. The highest BCUT2D eigenvalue weighted by Gasteiger charge is 2.31. The van der Waals surface area contributed by atoms with Gasteiger partial charge in [0.15, 0.2) is 0 Å². The molecule has 2 aromatic carbocycles. The van der Waals surface area contributed by atoms with Crippen molar-refractivity contribution in [2.24, 2.45) is 0 Å². The maximum absolute atomic E-state index is 12.4. The molecule has 122 valence electrons. The quantitative estimate of drug-likeness (QED) is 0.777. The lowest BCUT2D eigenvalue weighted by molar-refractivity contribution is -0.274. The van der Waals surface area contributed by atoms with E-state index in [-0.39, 0.29) is 5.56 Å². The minimum atomic E-state index is -4.84. The fourth-order valence-corrected chi connectivity index (χ4v) is 2.02. The van der Waals surface area contributed by atoms with Crippen LogP contribution in [0, 0.1) is 0 Å². The average molecular weight is 326 g/mol. The van der Waals surface area contributed by atoms with Gasteiger partial charge in [-0.15, -0.1) is 13.2 Å². The van der Waals surface area contributed by atoms with Crippen molar-refractivity contribution in [3.05, 3.63) is 42.0 Å². The summed E-state index contributed by atoms with van der Waals surface area (Å²) < 4.78 is 51.3. The Morgan fingerprint density at radius 1 is 0.826 bits per heavy atom. The van der Waals surface area contributed by atoms with Gasteiger partial charge in [-0.2, -0.15) is 0 Å². The van der Waals surface area contributed by atoms with Gasteiger partial charge in [-0.05, 0) is 41.5 Å². The average Bonchev–Trinajstić information content (AvgIpc) is 2.52. The molecule has 2 aromatic rings. The van der Waals surface area contributed by atoms with E-state index < -0.39 is 12.1 Å². The standard InChI is InChI=1S/C16H13F3O4/c1-21-13-5-12(6-14(8-13)22-2)11-3-10(9-20)4-15(7-11)23-16(17,18)19/h3-9H,1-2H3. The number of benzene rings is 2. The Hall–Kier alpha value is -2.70. The smallest absolute Gasteiger partial charge is 0.497 e. The van der Waals surface area contributed by atoms with E-state index in [0.29, 0.717) is 28.9 Å². The van der Waals surface area contributed by atoms with E-state index in [1.165, 1.54) is 26.4 Å². The molecular weight excluding hydrogens is 313 g/mol. The van der Waals surface area contributed by atoms with Crippen LogP contribution in [0.1, 0.15) is 10.4 Å². The van der Waals surface area contributed by atoms with Gasteiger partial charge in [-0.25, -0.2) is 0 Å². The lowest BCUT2D eigenvalue weighted by Gasteiger charge is -2.13. The summed E-state index contributed by atoms with van der Waals surface area (Å²) in [6.45, 7) is 0. The van der Waals surface area contributed by atoms with Crippen LogP contribution in [0.25, 0.3) is 11.1 Å². The zero-order chi connectivity index (χ0) is 17.0. The molecule has 0 aliphatic rings. The molecule has 4 nitrogen and oxygen atoms in total. The highest BCUT2D eigenvalue weighted by Crippen LogP contribution is 2.33. The summed E-state index contributed by atoms with van der Waals surface area (Å²) in [5, 5.41) is 0. The van der Waals surface area contributed by atoms with E-state index in [1.54, 1.807) is 18.2 Å². The van der Waals surface area contributed by atoms with Crippen molar-refractivity contribution in [1.29, 1.82) is 0 Å². The first kappa shape index (κ1) is 16.7. The zero-order valence-corrected chi connectivity index (χ0v) is 12.3. The summed E-state index contributed by atoms with van der Waals surface area (Å²) >= 11 is 0. The van der Waals surface area contributed by atoms with Crippen molar-refractivity contribution < 1.29 is 32.2 Å². The Balaban J connectivity index is 2.54. The summed E-state index contributed by atoms with van der Waals surface area (Å²) in [6, 6.07) is 8.51. The van der Waals surface area contributed by atoms with Crippen LogP contribution in [0.5, 0.6) is 17.2 Å². The Morgan fingerprint density at radius 2 is 1.35 bits per heavy atom. The number of aldehydes is 1. The molecule has 0 radical (unpaired) electrons. The molecule has 0 saturated carbocycles. The fourth-order valence-electron chi connectivity index (χ4n) is 2.02. The molecule has 0 fully saturated rings. The molecule has 0 aliphatic carbocycles. The van der Waals surface area contributed by atoms with Crippen LogP contribution in [-0.2, 0) is 0 Å². The second-order valence-electron chi connectivity index (χ2n) is 4.56. The van der Waals surface area contributed by atoms with Crippen LogP contribution < -0.4 is 14.2 Å². The van der Waals surface area contributed by atoms with Gasteiger partial charge in [0, 0.05) is 11.6 Å². The summed E-state index contributed by atoms with van der Waals surface area (Å²) in [4.78, 5) is 11.0. The molecule has 0 atom stereocenters. The minimum Gasteiger partial charge on any atom is -0.497 e. The number of carbonyl (C=O) groups is 1. The summed E-state index contributed by atoms with van der Waals surface area (Å²) in [6.07, 6.45) is -4.39. The van der Waals surface area contributed by atoms with Crippen LogP contribution in [0.3, 0.4) is 0 Å². The van der Waals surface area contributed by atoms with Crippen molar-refractivity contribution in [2.45, 2.75) is 6.36 Å². The highest BCUT2D eigenvalue weighted by atomic mass is 19.4. The van der Waals surface area contributed by atoms with Gasteiger partial charge in [0.1, 0.15) is 23.5 Å². The molecule has 7 heteroatoms. The third-order valence-corrected chi connectivity index (χ3v) is 2.98. The van der Waals surface area contributed by atoms with Gasteiger partial charge >= 0.3 is 6.36 Å². The van der Waals surface area contributed by atoms with Crippen molar-refractivity contribution in [3.8, 4) is 28.4 Å². The molecule has 0 heterocycles. The van der Waals surface area contributed by atoms with Gasteiger partial charge in [0.05, 0.1) is 14.2 Å². The predicted molar refractivity (Wildman–Crippen MR) is 77.1 cm³/mol. The van der Waals surface area contributed by atoms with E-state index in [1.807, 2.05) is 0 Å². The van der Waals surface area contributed by atoms with Gasteiger partial charge in [-0.1, -0.05) is 0 Å². The second-order valence-corrected chi connectivity index (χ2v) is 4.56. The Bertz CT molecular complexity index is 689. The molecule has 0 N–H and O–H groups in total. The van der Waals surface area contributed by atoms with Gasteiger partial charge in [-0.3, -0.25) is 4.79 Å². The summed E-state index contributed by atoms with van der Waals surface area (Å²) in [5.41, 5.74) is 0.950. The molecule has 0 bridgehead atoms. The Labute approximate surface area is 130 Å². The molecule has 0 aliphatic heterocycles. The number of hydrogen-bond donors (Lipinski definition) is 0. The van der Waals surface area contributed by atoms with Crippen LogP contribution in [0.15, 0.2) is 36.4 Å². The number of alkyl halides is 3. The van der Waals surface area contributed by atoms with E-state index in [9.17, 15) is 18.0 Å². The highest BCUT2D eigenvalue weighted by molar-refractivity contribution is 5.81. The largest absolute Gasteiger partial charge is 0.573 e. The normalized spacial score (nSPS) is 11.0. The van der Waals surface area contributed by atoms with Gasteiger partial charge < -0.3 is 14.2 Å². The Kier molecular flexibility index (Phi) is 4.78. The molecule has 0 spiro atoms. The van der Waals surface area contributed by atoms with Crippen molar-refractivity contribution in [3.63, 3.8) is 0 Å². The van der Waals surface area contributed by atoms with Crippen LogP contribution in [0.2, 0.25) is 0 Å². The number of rotatable bonds is 5. The third-order valence-electron chi connectivity index (χ3n) is 2.98. The van der Waals surface area contributed by atoms with E-state index in [4.69, 9.17) is 9.47 Å². The Morgan fingerprint density at radius 3 is 1.83 bits per heavy atom. The number of methoxy groups -OCH3 is 2. The zero-order valence-electron chi connectivity index (χ0n) is 12.3. The molecule has 0 aromatic heterocycles. The van der Waals surface area contributed by atoms with Crippen molar-refractivity contribution in [2.75, 3.05) is 14.2 Å². The van der Waals surface area contributed by atoms with Crippen LogP contribution in [0.4, 0.5) is 13.2 Å². The SMILES string of the molecule is COc1cc(OC)cc(-c2cc(C=O)cc(OC(F)(F)F)c2)c1. The minimum absolute atomic E-state index is 0.0588. The van der Waals surface area contributed by atoms with E-state index in [2.05, 4.69) is 4.74 Å². The van der Waals surface area contributed by atoms with Crippen molar-refractivity contribution in [1.82, 2.24) is 0 Å². The summed E-state index contributed by atoms with van der Waals surface area (Å²) in [5.74, 6) is 0.460. The second kappa shape index (κ2) is 6.60. The maximum atomic E-state index is 12.4. The molecule has 2 rings (SSSR count).